The molecule has 0 spiro atoms. The van der Waals surface area contributed by atoms with E-state index in [4.69, 9.17) is 4.74 Å². The molecule has 0 radical (unpaired) electrons. The Morgan fingerprint density at radius 2 is 2.16 bits per heavy atom. The van der Waals surface area contributed by atoms with Crippen LogP contribution in [0.5, 0.6) is 0 Å². The summed E-state index contributed by atoms with van der Waals surface area (Å²) in [6, 6.07) is 11.3. The smallest absolute Gasteiger partial charge is 0.0671 e. The molecule has 1 aromatic carbocycles. The third-order valence-corrected chi connectivity index (χ3v) is 3.67. The van der Waals surface area contributed by atoms with Gasteiger partial charge in [0.25, 0.3) is 0 Å². The lowest BCUT2D eigenvalue weighted by Crippen LogP contribution is -2.37. The standard InChI is InChI=1S/C16H26N2O/c1-3-19-14(2)11-17-16-9-10-18(13-16)12-15-7-5-4-6-8-15/h4-8,14,16-17H,3,9-13H2,1-2H3. The Bertz CT molecular complexity index is 355. The second-order valence-corrected chi connectivity index (χ2v) is 5.38. The number of hydrogen-bond acceptors (Lipinski definition) is 3. The van der Waals surface area contributed by atoms with E-state index in [1.54, 1.807) is 0 Å². The summed E-state index contributed by atoms with van der Waals surface area (Å²) in [7, 11) is 0. The predicted octanol–water partition coefficient (Wildman–Crippen LogP) is 2.28. The molecule has 1 aromatic rings. The Morgan fingerprint density at radius 1 is 1.37 bits per heavy atom. The Labute approximate surface area is 116 Å². The van der Waals surface area contributed by atoms with Crippen LogP contribution in [0.15, 0.2) is 30.3 Å². The van der Waals surface area contributed by atoms with Crippen LogP contribution in [0.25, 0.3) is 0 Å². The van der Waals surface area contributed by atoms with Crippen molar-refractivity contribution in [2.75, 3.05) is 26.2 Å². The molecule has 1 saturated heterocycles. The van der Waals surface area contributed by atoms with E-state index in [2.05, 4.69) is 47.5 Å². The Balaban J connectivity index is 1.68. The van der Waals surface area contributed by atoms with Crippen LogP contribution in [-0.4, -0.2) is 43.3 Å². The van der Waals surface area contributed by atoms with Crippen LogP contribution in [0, 0.1) is 0 Å². The van der Waals surface area contributed by atoms with Crippen molar-refractivity contribution in [1.82, 2.24) is 10.2 Å². The van der Waals surface area contributed by atoms with Gasteiger partial charge in [0.15, 0.2) is 0 Å². The predicted molar refractivity (Wildman–Crippen MR) is 79.2 cm³/mol. The van der Waals surface area contributed by atoms with Gasteiger partial charge in [-0.15, -0.1) is 0 Å². The largest absolute Gasteiger partial charge is 0.377 e. The molecule has 0 amide bonds. The first kappa shape index (κ1) is 14.5. The third kappa shape index (κ3) is 4.94. The molecular weight excluding hydrogens is 236 g/mol. The fourth-order valence-electron chi connectivity index (χ4n) is 2.66. The van der Waals surface area contributed by atoms with Crippen molar-refractivity contribution in [1.29, 1.82) is 0 Å². The summed E-state index contributed by atoms with van der Waals surface area (Å²) in [6.45, 7) is 9.34. The Hall–Kier alpha value is -0.900. The van der Waals surface area contributed by atoms with E-state index in [9.17, 15) is 0 Å². The zero-order chi connectivity index (χ0) is 13.5. The van der Waals surface area contributed by atoms with Crippen LogP contribution >= 0.6 is 0 Å². The summed E-state index contributed by atoms with van der Waals surface area (Å²) in [6.07, 6.45) is 1.55. The van der Waals surface area contributed by atoms with Gasteiger partial charge in [0.2, 0.25) is 0 Å². The van der Waals surface area contributed by atoms with Gasteiger partial charge in [-0.3, -0.25) is 4.90 Å². The molecule has 106 valence electrons. The molecule has 2 atom stereocenters. The van der Waals surface area contributed by atoms with Gasteiger partial charge in [-0.1, -0.05) is 30.3 Å². The maximum atomic E-state index is 5.55. The summed E-state index contributed by atoms with van der Waals surface area (Å²) >= 11 is 0. The van der Waals surface area contributed by atoms with Crippen molar-refractivity contribution in [2.45, 2.75) is 39.0 Å². The highest BCUT2D eigenvalue weighted by Gasteiger charge is 2.22. The van der Waals surface area contributed by atoms with E-state index in [1.165, 1.54) is 18.5 Å². The molecule has 1 heterocycles. The quantitative estimate of drug-likeness (QED) is 0.816. The zero-order valence-corrected chi connectivity index (χ0v) is 12.1. The van der Waals surface area contributed by atoms with Gasteiger partial charge in [0, 0.05) is 38.8 Å². The SMILES string of the molecule is CCOC(C)CNC1CCN(Cc2ccccc2)C1. The van der Waals surface area contributed by atoms with E-state index >= 15 is 0 Å². The van der Waals surface area contributed by atoms with Crippen molar-refractivity contribution in [2.24, 2.45) is 0 Å². The van der Waals surface area contributed by atoms with Gasteiger partial charge in [-0.2, -0.15) is 0 Å². The Kier molecular flexibility index (Phi) is 5.83. The van der Waals surface area contributed by atoms with Crippen molar-refractivity contribution in [3.63, 3.8) is 0 Å². The monoisotopic (exact) mass is 262 g/mol. The molecule has 2 unspecified atom stereocenters. The van der Waals surface area contributed by atoms with Gasteiger partial charge in [-0.05, 0) is 25.8 Å². The van der Waals surface area contributed by atoms with Crippen molar-refractivity contribution >= 4 is 0 Å². The lowest BCUT2D eigenvalue weighted by molar-refractivity contribution is 0.0741. The highest BCUT2D eigenvalue weighted by atomic mass is 16.5. The summed E-state index contributed by atoms with van der Waals surface area (Å²) in [5.41, 5.74) is 1.41. The van der Waals surface area contributed by atoms with E-state index in [1.807, 2.05) is 6.92 Å². The van der Waals surface area contributed by atoms with Gasteiger partial charge < -0.3 is 10.1 Å². The number of nitrogens with one attached hydrogen (secondary N) is 1. The van der Waals surface area contributed by atoms with Gasteiger partial charge in [0.1, 0.15) is 0 Å². The first-order valence-corrected chi connectivity index (χ1v) is 7.39. The van der Waals surface area contributed by atoms with Crippen LogP contribution in [0.2, 0.25) is 0 Å². The summed E-state index contributed by atoms with van der Waals surface area (Å²) in [5, 5.41) is 3.62. The number of rotatable bonds is 7. The third-order valence-electron chi connectivity index (χ3n) is 3.67. The molecule has 0 saturated carbocycles. The van der Waals surface area contributed by atoms with Crippen molar-refractivity contribution < 1.29 is 4.74 Å². The lowest BCUT2D eigenvalue weighted by Gasteiger charge is -2.18. The molecular formula is C16H26N2O. The fourth-order valence-corrected chi connectivity index (χ4v) is 2.66. The average molecular weight is 262 g/mol. The molecule has 2 rings (SSSR count). The zero-order valence-electron chi connectivity index (χ0n) is 12.1. The Morgan fingerprint density at radius 3 is 2.89 bits per heavy atom. The molecule has 0 aliphatic carbocycles. The molecule has 1 N–H and O–H groups in total. The first-order chi connectivity index (χ1) is 9.28. The van der Waals surface area contributed by atoms with E-state index in [0.717, 1.165) is 26.2 Å². The van der Waals surface area contributed by atoms with Crippen LogP contribution < -0.4 is 5.32 Å². The van der Waals surface area contributed by atoms with Crippen LogP contribution in [0.1, 0.15) is 25.8 Å². The first-order valence-electron chi connectivity index (χ1n) is 7.39. The minimum absolute atomic E-state index is 0.313. The van der Waals surface area contributed by atoms with E-state index in [-0.39, 0.29) is 0 Å². The second kappa shape index (κ2) is 7.63. The van der Waals surface area contributed by atoms with Gasteiger partial charge >= 0.3 is 0 Å². The number of ether oxygens (including phenoxy) is 1. The van der Waals surface area contributed by atoms with Crippen molar-refractivity contribution in [3.05, 3.63) is 35.9 Å². The molecule has 0 aromatic heterocycles. The number of nitrogens with zero attached hydrogens (tertiary/aromatic N) is 1. The van der Waals surface area contributed by atoms with Crippen LogP contribution in [0.4, 0.5) is 0 Å². The maximum absolute atomic E-state index is 5.55. The molecule has 3 nitrogen and oxygen atoms in total. The van der Waals surface area contributed by atoms with Crippen LogP contribution in [-0.2, 0) is 11.3 Å². The molecule has 1 fully saturated rings. The highest BCUT2D eigenvalue weighted by molar-refractivity contribution is 5.14. The van der Waals surface area contributed by atoms with Gasteiger partial charge in [-0.25, -0.2) is 0 Å². The summed E-state index contributed by atoms with van der Waals surface area (Å²) in [5.74, 6) is 0. The van der Waals surface area contributed by atoms with E-state index < -0.39 is 0 Å². The maximum Gasteiger partial charge on any atom is 0.0671 e. The van der Waals surface area contributed by atoms with Crippen molar-refractivity contribution in [3.8, 4) is 0 Å². The number of benzene rings is 1. The molecule has 19 heavy (non-hydrogen) atoms. The minimum atomic E-state index is 0.313. The summed E-state index contributed by atoms with van der Waals surface area (Å²) in [4.78, 5) is 2.53. The normalized spacial score (nSPS) is 21.7. The molecule has 1 aliphatic heterocycles. The average Bonchev–Trinajstić information content (AvgIpc) is 2.86. The minimum Gasteiger partial charge on any atom is -0.377 e. The second-order valence-electron chi connectivity index (χ2n) is 5.38. The molecule has 0 bridgehead atoms. The summed E-state index contributed by atoms with van der Waals surface area (Å²) < 4.78 is 5.55. The van der Waals surface area contributed by atoms with E-state index in [0.29, 0.717) is 12.1 Å². The molecule has 1 aliphatic rings. The number of hydrogen-bond donors (Lipinski definition) is 1. The highest BCUT2D eigenvalue weighted by Crippen LogP contribution is 2.13. The topological polar surface area (TPSA) is 24.5 Å². The lowest BCUT2D eigenvalue weighted by atomic mass is 10.2. The fraction of sp³-hybridized carbons (Fsp3) is 0.625. The number of likely N-dealkylation sites (tertiary alicyclic amines) is 1. The van der Waals surface area contributed by atoms with Crippen LogP contribution in [0.3, 0.4) is 0 Å². The van der Waals surface area contributed by atoms with Gasteiger partial charge in [0.05, 0.1) is 6.10 Å². The molecule has 3 heteroatoms.